The SMILES string of the molecule is COc1ccccc1Cc1ncc(CNC(C)(C)C)cn1. The highest BCUT2D eigenvalue weighted by Crippen LogP contribution is 2.19. The minimum Gasteiger partial charge on any atom is -0.496 e. The van der Waals surface area contributed by atoms with Crippen molar-refractivity contribution in [2.24, 2.45) is 0 Å². The molecule has 2 aromatic rings. The van der Waals surface area contributed by atoms with Gasteiger partial charge in [0.2, 0.25) is 0 Å². The summed E-state index contributed by atoms with van der Waals surface area (Å²) in [6.07, 6.45) is 4.45. The van der Waals surface area contributed by atoms with Gasteiger partial charge in [0.1, 0.15) is 11.6 Å². The summed E-state index contributed by atoms with van der Waals surface area (Å²) in [5.74, 6) is 1.68. The molecule has 0 saturated heterocycles. The Hall–Kier alpha value is -1.94. The fraction of sp³-hybridized carbons (Fsp3) is 0.412. The van der Waals surface area contributed by atoms with Crippen molar-refractivity contribution in [1.82, 2.24) is 15.3 Å². The van der Waals surface area contributed by atoms with Gasteiger partial charge < -0.3 is 10.1 Å². The number of nitrogens with one attached hydrogen (secondary N) is 1. The van der Waals surface area contributed by atoms with Gasteiger partial charge in [-0.25, -0.2) is 9.97 Å². The lowest BCUT2D eigenvalue weighted by Gasteiger charge is -2.20. The van der Waals surface area contributed by atoms with Gasteiger partial charge in [-0.15, -0.1) is 0 Å². The standard InChI is InChI=1S/C17H23N3O/c1-17(2,3)20-12-13-10-18-16(19-11-13)9-14-7-5-6-8-15(14)21-4/h5-8,10-11,20H,9,12H2,1-4H3. The van der Waals surface area contributed by atoms with Crippen LogP contribution in [0.5, 0.6) is 5.75 Å². The summed E-state index contributed by atoms with van der Waals surface area (Å²) < 4.78 is 5.35. The molecule has 1 aromatic heterocycles. The van der Waals surface area contributed by atoms with Crippen LogP contribution in [0.2, 0.25) is 0 Å². The van der Waals surface area contributed by atoms with E-state index in [9.17, 15) is 0 Å². The highest BCUT2D eigenvalue weighted by molar-refractivity contribution is 5.35. The average molecular weight is 285 g/mol. The van der Waals surface area contributed by atoms with Crippen LogP contribution in [0.1, 0.15) is 37.7 Å². The first-order valence-corrected chi connectivity index (χ1v) is 7.14. The first-order chi connectivity index (χ1) is 9.98. The second-order valence-electron chi connectivity index (χ2n) is 6.10. The molecule has 0 bridgehead atoms. The molecule has 0 fully saturated rings. The van der Waals surface area contributed by atoms with E-state index in [-0.39, 0.29) is 5.54 Å². The van der Waals surface area contributed by atoms with Crippen LogP contribution >= 0.6 is 0 Å². The Kier molecular flexibility index (Phi) is 4.91. The first-order valence-electron chi connectivity index (χ1n) is 7.14. The van der Waals surface area contributed by atoms with Crippen molar-refractivity contribution in [3.8, 4) is 5.75 Å². The summed E-state index contributed by atoms with van der Waals surface area (Å²) in [5.41, 5.74) is 2.28. The molecule has 21 heavy (non-hydrogen) atoms. The summed E-state index contributed by atoms with van der Waals surface area (Å²) in [7, 11) is 1.68. The van der Waals surface area contributed by atoms with E-state index in [4.69, 9.17) is 4.74 Å². The van der Waals surface area contributed by atoms with E-state index in [0.717, 1.165) is 29.2 Å². The van der Waals surface area contributed by atoms with E-state index in [1.807, 2.05) is 36.7 Å². The van der Waals surface area contributed by atoms with Gasteiger partial charge in [0.05, 0.1) is 7.11 Å². The van der Waals surface area contributed by atoms with Crippen molar-refractivity contribution in [3.63, 3.8) is 0 Å². The van der Waals surface area contributed by atoms with Gasteiger partial charge >= 0.3 is 0 Å². The molecule has 0 aliphatic rings. The van der Waals surface area contributed by atoms with Crippen molar-refractivity contribution in [2.45, 2.75) is 39.3 Å². The maximum Gasteiger partial charge on any atom is 0.132 e. The molecule has 0 spiro atoms. The molecule has 112 valence electrons. The highest BCUT2D eigenvalue weighted by Gasteiger charge is 2.09. The summed E-state index contributed by atoms with van der Waals surface area (Å²) in [6.45, 7) is 7.20. The van der Waals surface area contributed by atoms with Crippen molar-refractivity contribution < 1.29 is 4.74 Å². The molecular weight excluding hydrogens is 262 g/mol. The summed E-state index contributed by atoms with van der Waals surface area (Å²) >= 11 is 0. The van der Waals surface area contributed by atoms with E-state index in [1.54, 1.807) is 7.11 Å². The molecule has 1 aromatic carbocycles. The van der Waals surface area contributed by atoms with E-state index >= 15 is 0 Å². The van der Waals surface area contributed by atoms with E-state index in [1.165, 1.54) is 0 Å². The molecule has 0 aliphatic carbocycles. The third-order valence-corrected chi connectivity index (χ3v) is 3.12. The number of rotatable bonds is 5. The lowest BCUT2D eigenvalue weighted by molar-refractivity contribution is 0.410. The van der Waals surface area contributed by atoms with Crippen LogP contribution in [0.4, 0.5) is 0 Å². The van der Waals surface area contributed by atoms with Gasteiger partial charge in [-0.3, -0.25) is 0 Å². The predicted octanol–water partition coefficient (Wildman–Crippen LogP) is 2.96. The second kappa shape index (κ2) is 6.68. The van der Waals surface area contributed by atoms with Crippen molar-refractivity contribution in [3.05, 3.63) is 53.6 Å². The first kappa shape index (κ1) is 15.4. The molecule has 4 nitrogen and oxygen atoms in total. The Labute approximate surface area is 126 Å². The normalized spacial score (nSPS) is 11.4. The number of ether oxygens (including phenoxy) is 1. The fourth-order valence-electron chi connectivity index (χ4n) is 1.95. The Morgan fingerprint density at radius 3 is 2.38 bits per heavy atom. The van der Waals surface area contributed by atoms with Crippen LogP contribution in [0.3, 0.4) is 0 Å². The molecule has 0 aliphatic heterocycles. The van der Waals surface area contributed by atoms with Crippen LogP contribution < -0.4 is 10.1 Å². The third kappa shape index (κ3) is 4.83. The molecule has 1 heterocycles. The molecule has 2 rings (SSSR count). The number of nitrogens with zero attached hydrogens (tertiary/aromatic N) is 2. The van der Waals surface area contributed by atoms with Gasteiger partial charge in [0.15, 0.2) is 0 Å². The number of hydrogen-bond donors (Lipinski definition) is 1. The van der Waals surface area contributed by atoms with Crippen LogP contribution in [-0.4, -0.2) is 22.6 Å². The van der Waals surface area contributed by atoms with Gasteiger partial charge in [0.25, 0.3) is 0 Å². The monoisotopic (exact) mass is 285 g/mol. The van der Waals surface area contributed by atoms with Gasteiger partial charge in [-0.05, 0) is 26.8 Å². The summed E-state index contributed by atoms with van der Waals surface area (Å²) in [5, 5.41) is 3.43. The van der Waals surface area contributed by atoms with Gasteiger partial charge in [-0.2, -0.15) is 0 Å². The minimum atomic E-state index is 0.0933. The zero-order valence-corrected chi connectivity index (χ0v) is 13.2. The van der Waals surface area contributed by atoms with Crippen LogP contribution in [0.25, 0.3) is 0 Å². The molecule has 0 radical (unpaired) electrons. The molecular formula is C17H23N3O. The number of methoxy groups -OCH3 is 1. The Bertz CT molecular complexity index is 573. The zero-order valence-electron chi connectivity index (χ0n) is 13.2. The lowest BCUT2D eigenvalue weighted by Crippen LogP contribution is -2.35. The van der Waals surface area contributed by atoms with Crippen molar-refractivity contribution in [2.75, 3.05) is 7.11 Å². The molecule has 1 N–H and O–H groups in total. The Balaban J connectivity index is 2.02. The van der Waals surface area contributed by atoms with Crippen molar-refractivity contribution in [1.29, 1.82) is 0 Å². The topological polar surface area (TPSA) is 47.0 Å². The fourth-order valence-corrected chi connectivity index (χ4v) is 1.95. The molecule has 0 unspecified atom stereocenters. The molecule has 0 amide bonds. The number of aromatic nitrogens is 2. The van der Waals surface area contributed by atoms with Crippen LogP contribution in [0, 0.1) is 0 Å². The number of para-hydroxylation sites is 1. The van der Waals surface area contributed by atoms with Gasteiger partial charge in [-0.1, -0.05) is 18.2 Å². The van der Waals surface area contributed by atoms with E-state index in [2.05, 4.69) is 36.1 Å². The maximum absolute atomic E-state index is 5.35. The molecule has 0 atom stereocenters. The minimum absolute atomic E-state index is 0.0933. The van der Waals surface area contributed by atoms with Crippen LogP contribution in [-0.2, 0) is 13.0 Å². The summed E-state index contributed by atoms with van der Waals surface area (Å²) in [6, 6.07) is 7.96. The predicted molar refractivity (Wildman–Crippen MR) is 84.4 cm³/mol. The van der Waals surface area contributed by atoms with Crippen LogP contribution in [0.15, 0.2) is 36.7 Å². The number of hydrogen-bond acceptors (Lipinski definition) is 4. The maximum atomic E-state index is 5.35. The average Bonchev–Trinajstić information content (AvgIpc) is 2.46. The van der Waals surface area contributed by atoms with E-state index in [0.29, 0.717) is 6.42 Å². The molecule has 4 heteroatoms. The van der Waals surface area contributed by atoms with Gasteiger partial charge in [0, 0.05) is 42.0 Å². The highest BCUT2D eigenvalue weighted by atomic mass is 16.5. The van der Waals surface area contributed by atoms with E-state index < -0.39 is 0 Å². The zero-order chi connectivity index (χ0) is 15.3. The second-order valence-corrected chi connectivity index (χ2v) is 6.10. The van der Waals surface area contributed by atoms with Crippen molar-refractivity contribution >= 4 is 0 Å². The largest absolute Gasteiger partial charge is 0.496 e. The Morgan fingerprint density at radius 1 is 1.10 bits per heavy atom. The smallest absolute Gasteiger partial charge is 0.132 e. The molecule has 0 saturated carbocycles. The lowest BCUT2D eigenvalue weighted by atomic mass is 10.1. The third-order valence-electron chi connectivity index (χ3n) is 3.12. The number of benzene rings is 1. The Morgan fingerprint density at radius 2 is 1.76 bits per heavy atom. The summed E-state index contributed by atoms with van der Waals surface area (Å²) in [4.78, 5) is 8.89. The quantitative estimate of drug-likeness (QED) is 0.917.